The van der Waals surface area contributed by atoms with Gasteiger partial charge in [-0.3, -0.25) is 0 Å². The van der Waals surface area contributed by atoms with Gasteiger partial charge in [0.05, 0.1) is 7.11 Å². The van der Waals surface area contributed by atoms with E-state index in [9.17, 15) is 0 Å². The fraction of sp³-hybridized carbons (Fsp3) is 0.154. The summed E-state index contributed by atoms with van der Waals surface area (Å²) >= 11 is 0. The topological polar surface area (TPSA) is 57.4 Å². The van der Waals surface area contributed by atoms with Crippen LogP contribution in [0.4, 0.5) is 0 Å². The van der Waals surface area contributed by atoms with Crippen molar-refractivity contribution >= 4 is 0 Å². The highest BCUT2D eigenvalue weighted by atomic mass is 16.5. The van der Waals surface area contributed by atoms with Crippen molar-refractivity contribution in [3.63, 3.8) is 0 Å². The van der Waals surface area contributed by atoms with E-state index in [1.807, 2.05) is 30.3 Å². The van der Waals surface area contributed by atoms with Crippen molar-refractivity contribution in [3.05, 3.63) is 48.0 Å². The molecule has 0 aliphatic rings. The molecular formula is C13H14N2O2. The number of nitrogens with two attached hydrogens (primary N) is 1. The van der Waals surface area contributed by atoms with Crippen LogP contribution in [0, 0.1) is 0 Å². The number of methoxy groups -OCH3 is 1. The van der Waals surface area contributed by atoms with Gasteiger partial charge in [-0.25, -0.2) is 0 Å². The van der Waals surface area contributed by atoms with Crippen molar-refractivity contribution in [2.24, 2.45) is 5.73 Å². The van der Waals surface area contributed by atoms with Gasteiger partial charge < -0.3 is 15.2 Å². The predicted molar refractivity (Wildman–Crippen MR) is 65.2 cm³/mol. The van der Waals surface area contributed by atoms with Gasteiger partial charge in [-0.15, -0.1) is 0 Å². The fourth-order valence-electron chi connectivity index (χ4n) is 1.45. The normalized spacial score (nSPS) is 10.0. The van der Waals surface area contributed by atoms with E-state index in [-0.39, 0.29) is 0 Å². The second-order valence-corrected chi connectivity index (χ2v) is 3.43. The number of pyridine rings is 1. The molecule has 0 amide bonds. The Morgan fingerprint density at radius 3 is 2.59 bits per heavy atom. The van der Waals surface area contributed by atoms with Crippen LogP contribution in [0.2, 0.25) is 0 Å². The third-order valence-corrected chi connectivity index (χ3v) is 2.31. The lowest BCUT2D eigenvalue weighted by Crippen LogP contribution is -1.99. The average Bonchev–Trinajstić information content (AvgIpc) is 2.39. The Hall–Kier alpha value is -2.07. The van der Waals surface area contributed by atoms with E-state index in [0.717, 1.165) is 11.3 Å². The van der Waals surface area contributed by atoms with E-state index in [0.29, 0.717) is 18.3 Å². The zero-order chi connectivity index (χ0) is 12.1. The van der Waals surface area contributed by atoms with Crippen molar-refractivity contribution in [1.29, 1.82) is 0 Å². The molecule has 1 aromatic carbocycles. The Bertz CT molecular complexity index is 500. The minimum absolute atomic E-state index is 0.431. The molecular weight excluding hydrogens is 216 g/mol. The molecule has 4 nitrogen and oxygen atoms in total. The summed E-state index contributed by atoms with van der Waals surface area (Å²) in [4.78, 5) is 4.18. The van der Waals surface area contributed by atoms with E-state index < -0.39 is 0 Å². The molecule has 0 radical (unpaired) electrons. The highest BCUT2D eigenvalue weighted by Gasteiger charge is 2.04. The molecule has 2 N–H and O–H groups in total. The molecule has 4 heteroatoms. The van der Waals surface area contributed by atoms with Gasteiger partial charge in [0.15, 0.2) is 0 Å². The van der Waals surface area contributed by atoms with Crippen LogP contribution < -0.4 is 15.2 Å². The molecule has 0 aliphatic heterocycles. The van der Waals surface area contributed by atoms with Gasteiger partial charge in [-0.05, 0) is 6.07 Å². The SMILES string of the molecule is COc1cccc(Oc2ccccc2CN)n1. The maximum Gasteiger partial charge on any atom is 0.222 e. The Labute approximate surface area is 100 Å². The number of hydrogen-bond acceptors (Lipinski definition) is 4. The molecule has 0 spiro atoms. The number of hydrogen-bond donors (Lipinski definition) is 1. The summed E-state index contributed by atoms with van der Waals surface area (Å²) in [5.41, 5.74) is 6.58. The Morgan fingerprint density at radius 1 is 1.06 bits per heavy atom. The largest absolute Gasteiger partial charge is 0.481 e. The third-order valence-electron chi connectivity index (χ3n) is 2.31. The lowest BCUT2D eigenvalue weighted by atomic mass is 10.2. The van der Waals surface area contributed by atoms with Crippen LogP contribution in [0.15, 0.2) is 42.5 Å². The van der Waals surface area contributed by atoms with Crippen LogP contribution in [0.1, 0.15) is 5.56 Å². The van der Waals surface area contributed by atoms with E-state index in [1.165, 1.54) is 0 Å². The number of benzene rings is 1. The molecule has 17 heavy (non-hydrogen) atoms. The molecule has 2 aromatic rings. The van der Waals surface area contributed by atoms with Crippen molar-refractivity contribution in [3.8, 4) is 17.5 Å². The van der Waals surface area contributed by atoms with E-state index in [1.54, 1.807) is 19.2 Å². The van der Waals surface area contributed by atoms with Gasteiger partial charge in [0.25, 0.3) is 0 Å². The molecule has 0 fully saturated rings. The number of aromatic nitrogens is 1. The second-order valence-electron chi connectivity index (χ2n) is 3.43. The van der Waals surface area contributed by atoms with Crippen LogP contribution in [0.3, 0.4) is 0 Å². The first-order chi connectivity index (χ1) is 8.33. The monoisotopic (exact) mass is 230 g/mol. The van der Waals surface area contributed by atoms with Crippen LogP contribution in [0.25, 0.3) is 0 Å². The van der Waals surface area contributed by atoms with Crippen molar-refractivity contribution in [2.45, 2.75) is 6.54 Å². The molecule has 0 saturated carbocycles. The van der Waals surface area contributed by atoms with Gasteiger partial charge in [0.1, 0.15) is 5.75 Å². The highest BCUT2D eigenvalue weighted by molar-refractivity contribution is 5.36. The summed E-state index contributed by atoms with van der Waals surface area (Å²) in [5.74, 6) is 1.73. The second kappa shape index (κ2) is 5.32. The lowest BCUT2D eigenvalue weighted by Gasteiger charge is -2.09. The zero-order valence-corrected chi connectivity index (χ0v) is 9.59. The molecule has 0 unspecified atom stereocenters. The first-order valence-electron chi connectivity index (χ1n) is 5.30. The molecule has 1 aromatic heterocycles. The van der Waals surface area contributed by atoms with Crippen LogP contribution in [0.5, 0.6) is 17.5 Å². The van der Waals surface area contributed by atoms with Crippen molar-refractivity contribution < 1.29 is 9.47 Å². The summed E-state index contributed by atoms with van der Waals surface area (Å²) in [6.07, 6.45) is 0. The Balaban J connectivity index is 2.24. The average molecular weight is 230 g/mol. The Morgan fingerprint density at radius 2 is 1.82 bits per heavy atom. The molecule has 0 aliphatic carbocycles. The minimum Gasteiger partial charge on any atom is -0.481 e. The van der Waals surface area contributed by atoms with Crippen LogP contribution in [-0.4, -0.2) is 12.1 Å². The molecule has 0 atom stereocenters. The van der Waals surface area contributed by atoms with Crippen molar-refractivity contribution in [2.75, 3.05) is 7.11 Å². The smallest absolute Gasteiger partial charge is 0.222 e. The summed E-state index contributed by atoms with van der Waals surface area (Å²) in [6.45, 7) is 0.431. The molecule has 2 rings (SSSR count). The quantitative estimate of drug-likeness (QED) is 0.875. The van der Waals surface area contributed by atoms with Crippen molar-refractivity contribution in [1.82, 2.24) is 4.98 Å². The highest BCUT2D eigenvalue weighted by Crippen LogP contribution is 2.24. The van der Waals surface area contributed by atoms with E-state index in [2.05, 4.69) is 4.98 Å². The molecule has 0 bridgehead atoms. The summed E-state index contributed by atoms with van der Waals surface area (Å²) in [7, 11) is 1.57. The van der Waals surface area contributed by atoms with Gasteiger partial charge >= 0.3 is 0 Å². The van der Waals surface area contributed by atoms with Gasteiger partial charge in [0.2, 0.25) is 11.8 Å². The van der Waals surface area contributed by atoms with Crippen LogP contribution in [-0.2, 0) is 6.54 Å². The number of nitrogens with zero attached hydrogens (tertiary/aromatic N) is 1. The van der Waals surface area contributed by atoms with E-state index in [4.69, 9.17) is 15.2 Å². The van der Waals surface area contributed by atoms with Gasteiger partial charge in [-0.2, -0.15) is 4.98 Å². The minimum atomic E-state index is 0.431. The molecule has 1 heterocycles. The lowest BCUT2D eigenvalue weighted by molar-refractivity contribution is 0.382. The predicted octanol–water partition coefficient (Wildman–Crippen LogP) is 2.34. The first kappa shape index (κ1) is 11.4. The van der Waals surface area contributed by atoms with E-state index >= 15 is 0 Å². The van der Waals surface area contributed by atoms with Gasteiger partial charge in [0, 0.05) is 24.2 Å². The number of rotatable bonds is 4. The summed E-state index contributed by atoms with van der Waals surface area (Å²) < 4.78 is 10.7. The molecule has 0 saturated heterocycles. The van der Waals surface area contributed by atoms with Gasteiger partial charge in [-0.1, -0.05) is 24.3 Å². The first-order valence-corrected chi connectivity index (χ1v) is 5.30. The number of ether oxygens (including phenoxy) is 2. The summed E-state index contributed by atoms with van der Waals surface area (Å²) in [5, 5.41) is 0. The maximum atomic E-state index is 5.67. The maximum absolute atomic E-state index is 5.67. The number of para-hydroxylation sites is 1. The third kappa shape index (κ3) is 2.73. The molecule has 88 valence electrons. The fourth-order valence-corrected chi connectivity index (χ4v) is 1.45. The summed E-state index contributed by atoms with van der Waals surface area (Å²) in [6, 6.07) is 13.0. The standard InChI is InChI=1S/C13H14N2O2/c1-16-12-7-4-8-13(15-12)17-11-6-3-2-5-10(11)9-14/h2-8H,9,14H2,1H3. The zero-order valence-electron chi connectivity index (χ0n) is 9.59. The Kier molecular flexibility index (Phi) is 3.57. The van der Waals surface area contributed by atoms with Crippen LogP contribution >= 0.6 is 0 Å².